The molecule has 3 N–H and O–H groups in total. The molecule has 1 aromatic carbocycles. The lowest BCUT2D eigenvalue weighted by molar-refractivity contribution is -0.129. The molecule has 2 saturated heterocycles. The molecule has 2 aliphatic heterocycles. The summed E-state index contributed by atoms with van der Waals surface area (Å²) in [7, 11) is 0. The fourth-order valence-electron chi connectivity index (χ4n) is 5.97. The predicted octanol–water partition coefficient (Wildman–Crippen LogP) is 1.78. The maximum Gasteiger partial charge on any atom is 0.271 e. The lowest BCUT2D eigenvalue weighted by Crippen LogP contribution is -2.52. The first-order valence-electron chi connectivity index (χ1n) is 11.6. The Hall–Kier alpha value is -3.16. The highest BCUT2D eigenvalue weighted by atomic mass is 16.2. The highest BCUT2D eigenvalue weighted by Crippen LogP contribution is 2.65. The number of aromatic amines is 1. The van der Waals surface area contributed by atoms with E-state index in [9.17, 15) is 19.2 Å². The number of likely N-dealkylation sites (tertiary alicyclic amines) is 1. The van der Waals surface area contributed by atoms with Crippen molar-refractivity contribution in [2.45, 2.75) is 45.7 Å². The SMILES string of the molecule is Cc1cccc2[nH]c(C(=O)N3C[C@H]4[C@@H]([C@H]3C(=O)N[C@H](C=O)C[C@@H]3CCNC3=O)C4(C)C)cc12. The number of aryl methyl sites for hydroxylation is 1. The first-order chi connectivity index (χ1) is 15.7. The first kappa shape index (κ1) is 21.7. The van der Waals surface area contributed by atoms with Crippen LogP contribution in [0, 0.1) is 30.1 Å². The number of amides is 3. The van der Waals surface area contributed by atoms with Gasteiger partial charge in [-0.05, 0) is 54.7 Å². The minimum absolute atomic E-state index is 0.0299. The summed E-state index contributed by atoms with van der Waals surface area (Å²) in [5, 5.41) is 6.58. The number of carbonyl (C=O) groups excluding carboxylic acids is 4. The molecule has 8 heteroatoms. The molecule has 2 aromatic rings. The van der Waals surface area contributed by atoms with Crippen molar-refractivity contribution in [1.82, 2.24) is 20.5 Å². The van der Waals surface area contributed by atoms with Crippen LogP contribution in [0.5, 0.6) is 0 Å². The molecule has 174 valence electrons. The number of H-pyrrole nitrogens is 1. The van der Waals surface area contributed by atoms with E-state index in [0.717, 1.165) is 16.5 Å². The van der Waals surface area contributed by atoms with E-state index in [-0.39, 0.29) is 47.3 Å². The molecule has 0 radical (unpaired) electrons. The molecule has 1 aromatic heterocycles. The summed E-state index contributed by atoms with van der Waals surface area (Å²) in [6.07, 6.45) is 1.63. The van der Waals surface area contributed by atoms with Gasteiger partial charge < -0.3 is 25.3 Å². The summed E-state index contributed by atoms with van der Waals surface area (Å²) in [4.78, 5) is 55.4. The van der Waals surface area contributed by atoms with E-state index in [1.807, 2.05) is 31.2 Å². The van der Waals surface area contributed by atoms with Gasteiger partial charge in [0, 0.05) is 29.9 Å². The van der Waals surface area contributed by atoms with Gasteiger partial charge in [0.05, 0.1) is 6.04 Å². The highest BCUT2D eigenvalue weighted by Gasteiger charge is 2.69. The number of hydrogen-bond acceptors (Lipinski definition) is 4. The Morgan fingerprint density at radius 3 is 2.79 bits per heavy atom. The van der Waals surface area contributed by atoms with Crippen molar-refractivity contribution in [3.63, 3.8) is 0 Å². The molecular weight excluding hydrogens is 420 g/mol. The Morgan fingerprint density at radius 1 is 1.33 bits per heavy atom. The van der Waals surface area contributed by atoms with Gasteiger partial charge in [0.2, 0.25) is 11.8 Å². The van der Waals surface area contributed by atoms with Crippen LogP contribution in [0.15, 0.2) is 24.3 Å². The van der Waals surface area contributed by atoms with Gasteiger partial charge in [0.1, 0.15) is 18.0 Å². The van der Waals surface area contributed by atoms with Gasteiger partial charge in [-0.3, -0.25) is 14.4 Å². The van der Waals surface area contributed by atoms with Crippen LogP contribution in [0.3, 0.4) is 0 Å². The monoisotopic (exact) mass is 450 g/mol. The Kier molecular flexibility index (Phi) is 5.06. The lowest BCUT2D eigenvalue weighted by Gasteiger charge is -2.30. The van der Waals surface area contributed by atoms with Crippen molar-refractivity contribution in [3.05, 3.63) is 35.5 Å². The number of aromatic nitrogens is 1. The molecule has 3 heterocycles. The van der Waals surface area contributed by atoms with Crippen molar-refractivity contribution in [2.75, 3.05) is 13.1 Å². The van der Waals surface area contributed by atoms with Crippen LogP contribution in [-0.4, -0.2) is 59.1 Å². The van der Waals surface area contributed by atoms with Gasteiger partial charge >= 0.3 is 0 Å². The largest absolute Gasteiger partial charge is 0.356 e. The Morgan fingerprint density at radius 2 is 2.12 bits per heavy atom. The minimum atomic E-state index is -0.750. The molecule has 1 saturated carbocycles. The molecule has 1 aliphatic carbocycles. The van der Waals surface area contributed by atoms with Crippen LogP contribution in [0.1, 0.15) is 42.7 Å². The number of piperidine rings is 1. The van der Waals surface area contributed by atoms with Crippen molar-refractivity contribution < 1.29 is 19.2 Å². The topological polar surface area (TPSA) is 111 Å². The zero-order valence-corrected chi connectivity index (χ0v) is 19.2. The van der Waals surface area contributed by atoms with E-state index >= 15 is 0 Å². The summed E-state index contributed by atoms with van der Waals surface area (Å²) in [6, 6.07) is 6.34. The van der Waals surface area contributed by atoms with Crippen molar-refractivity contribution in [2.24, 2.45) is 23.2 Å². The van der Waals surface area contributed by atoms with Gasteiger partial charge in [-0.2, -0.15) is 0 Å². The highest BCUT2D eigenvalue weighted by molar-refractivity contribution is 6.01. The number of nitrogens with one attached hydrogen (secondary N) is 3. The average molecular weight is 451 g/mol. The summed E-state index contributed by atoms with van der Waals surface area (Å²) < 4.78 is 0. The molecule has 5 rings (SSSR count). The second-order valence-electron chi connectivity index (χ2n) is 10.3. The molecule has 8 nitrogen and oxygen atoms in total. The predicted molar refractivity (Wildman–Crippen MR) is 122 cm³/mol. The van der Waals surface area contributed by atoms with Gasteiger partial charge in [-0.15, -0.1) is 0 Å². The van der Waals surface area contributed by atoms with Gasteiger partial charge in [-0.1, -0.05) is 26.0 Å². The van der Waals surface area contributed by atoms with Crippen LogP contribution in [0.4, 0.5) is 0 Å². The fraction of sp³-hybridized carbons (Fsp3) is 0.520. The second kappa shape index (κ2) is 7.71. The van der Waals surface area contributed by atoms with E-state index in [4.69, 9.17) is 0 Å². The van der Waals surface area contributed by atoms with E-state index in [2.05, 4.69) is 29.5 Å². The normalized spacial score (nSPS) is 28.3. The number of fused-ring (bicyclic) bond motifs is 2. The number of rotatable bonds is 6. The third-order valence-corrected chi connectivity index (χ3v) is 8.04. The van der Waals surface area contributed by atoms with Gasteiger partial charge in [-0.25, -0.2) is 0 Å². The summed E-state index contributed by atoms with van der Waals surface area (Å²) in [5.41, 5.74) is 2.40. The molecule has 0 spiro atoms. The average Bonchev–Trinajstić information content (AvgIpc) is 3.30. The number of carbonyl (C=O) groups is 4. The summed E-state index contributed by atoms with van der Waals surface area (Å²) >= 11 is 0. The minimum Gasteiger partial charge on any atom is -0.356 e. The van der Waals surface area contributed by atoms with Crippen LogP contribution in [0.25, 0.3) is 10.9 Å². The van der Waals surface area contributed by atoms with Gasteiger partial charge in [0.15, 0.2) is 0 Å². The molecule has 5 atom stereocenters. The maximum atomic E-state index is 13.5. The fourth-order valence-corrected chi connectivity index (χ4v) is 5.97. The third kappa shape index (κ3) is 3.52. The molecule has 0 unspecified atom stereocenters. The van der Waals surface area contributed by atoms with Crippen molar-refractivity contribution in [3.8, 4) is 0 Å². The Labute approximate surface area is 192 Å². The molecule has 3 amide bonds. The maximum absolute atomic E-state index is 13.5. The molecular formula is C25H30N4O4. The van der Waals surface area contributed by atoms with Crippen LogP contribution in [0.2, 0.25) is 0 Å². The van der Waals surface area contributed by atoms with Crippen LogP contribution < -0.4 is 10.6 Å². The number of benzene rings is 1. The van der Waals surface area contributed by atoms with Crippen LogP contribution in [-0.2, 0) is 14.4 Å². The smallest absolute Gasteiger partial charge is 0.271 e. The Bertz CT molecular complexity index is 1150. The second-order valence-corrected chi connectivity index (χ2v) is 10.3. The quantitative estimate of drug-likeness (QED) is 0.583. The lowest BCUT2D eigenvalue weighted by atomic mass is 9.97. The van der Waals surface area contributed by atoms with Crippen LogP contribution >= 0.6 is 0 Å². The number of hydrogen-bond donors (Lipinski definition) is 3. The standard InChI is InChI=1S/C25H30N4O4/c1-13-5-4-6-18-16(13)10-19(28-18)24(33)29-11-17-20(25(17,2)3)21(29)23(32)27-15(12-30)9-14-7-8-26-22(14)31/h4-6,10,12,14-15,17,20-21,28H,7-9,11H2,1-3H3,(H,26,31)(H,27,32)/t14-,15-,17-,20-,21-/m0/s1. The number of nitrogens with zero attached hydrogens (tertiary/aromatic N) is 1. The van der Waals surface area contributed by atoms with Crippen molar-refractivity contribution in [1.29, 1.82) is 0 Å². The Balaban J connectivity index is 1.37. The van der Waals surface area contributed by atoms with Crippen molar-refractivity contribution >= 4 is 34.9 Å². The molecule has 0 bridgehead atoms. The first-order valence-corrected chi connectivity index (χ1v) is 11.6. The summed E-state index contributed by atoms with van der Waals surface area (Å²) in [6.45, 7) is 7.35. The van der Waals surface area contributed by atoms with E-state index in [0.29, 0.717) is 31.5 Å². The summed E-state index contributed by atoms with van der Waals surface area (Å²) in [5.74, 6) is -0.572. The molecule has 3 fully saturated rings. The molecule has 33 heavy (non-hydrogen) atoms. The number of aldehydes is 1. The van der Waals surface area contributed by atoms with E-state index in [1.54, 1.807) is 4.90 Å². The van der Waals surface area contributed by atoms with E-state index in [1.165, 1.54) is 0 Å². The third-order valence-electron chi connectivity index (χ3n) is 8.04. The zero-order valence-electron chi connectivity index (χ0n) is 19.2. The zero-order chi connectivity index (χ0) is 23.5. The molecule has 3 aliphatic rings. The van der Waals surface area contributed by atoms with E-state index < -0.39 is 12.1 Å². The van der Waals surface area contributed by atoms with Gasteiger partial charge in [0.25, 0.3) is 5.91 Å².